The van der Waals surface area contributed by atoms with Gasteiger partial charge in [-0.25, -0.2) is 9.97 Å². The first-order valence-corrected chi connectivity index (χ1v) is 6.74. The standard InChI is InChI=1S/C12H14N4S/c13-11-5-9(8-3-1-2-4-8)15-12(16-11)10-6-14-7-17-10/h5-8H,1-4H2,(H2,13,15,16). The lowest BCUT2D eigenvalue weighted by Gasteiger charge is -2.10. The van der Waals surface area contributed by atoms with E-state index in [-0.39, 0.29) is 0 Å². The Kier molecular flexibility index (Phi) is 2.76. The Morgan fingerprint density at radius 3 is 2.76 bits per heavy atom. The molecule has 1 aliphatic carbocycles. The highest BCUT2D eigenvalue weighted by Crippen LogP contribution is 2.34. The first-order chi connectivity index (χ1) is 8.33. The van der Waals surface area contributed by atoms with Crippen molar-refractivity contribution in [1.82, 2.24) is 15.0 Å². The predicted octanol–water partition coefficient (Wildman–Crippen LogP) is 2.84. The fourth-order valence-corrected chi connectivity index (χ4v) is 2.91. The van der Waals surface area contributed by atoms with Crippen molar-refractivity contribution >= 4 is 17.2 Å². The number of anilines is 1. The van der Waals surface area contributed by atoms with Crippen molar-refractivity contribution in [2.24, 2.45) is 0 Å². The zero-order chi connectivity index (χ0) is 11.7. The molecule has 88 valence electrons. The predicted molar refractivity (Wildman–Crippen MR) is 68.8 cm³/mol. The number of thiazole rings is 1. The first-order valence-electron chi connectivity index (χ1n) is 5.86. The number of hydrogen-bond acceptors (Lipinski definition) is 5. The van der Waals surface area contributed by atoms with E-state index in [2.05, 4.69) is 15.0 Å². The second-order valence-electron chi connectivity index (χ2n) is 4.39. The van der Waals surface area contributed by atoms with Crippen LogP contribution in [0.2, 0.25) is 0 Å². The highest BCUT2D eigenvalue weighted by Gasteiger charge is 2.20. The van der Waals surface area contributed by atoms with Gasteiger partial charge in [0.1, 0.15) is 5.82 Å². The summed E-state index contributed by atoms with van der Waals surface area (Å²) >= 11 is 1.54. The molecular weight excluding hydrogens is 232 g/mol. The maximum absolute atomic E-state index is 5.87. The Morgan fingerprint density at radius 1 is 1.24 bits per heavy atom. The highest BCUT2D eigenvalue weighted by molar-refractivity contribution is 7.13. The van der Waals surface area contributed by atoms with Crippen LogP contribution in [0, 0.1) is 0 Å². The number of rotatable bonds is 2. The van der Waals surface area contributed by atoms with Crippen LogP contribution in [0.5, 0.6) is 0 Å². The molecule has 3 rings (SSSR count). The summed E-state index contributed by atoms with van der Waals surface area (Å²) in [7, 11) is 0. The average Bonchev–Trinajstić information content (AvgIpc) is 3.02. The van der Waals surface area contributed by atoms with Gasteiger partial charge in [0.15, 0.2) is 5.82 Å². The zero-order valence-electron chi connectivity index (χ0n) is 9.47. The number of nitrogens with zero attached hydrogens (tertiary/aromatic N) is 3. The molecule has 0 aliphatic heterocycles. The Hall–Kier alpha value is -1.49. The maximum atomic E-state index is 5.87. The number of hydrogen-bond donors (Lipinski definition) is 1. The van der Waals surface area contributed by atoms with E-state index >= 15 is 0 Å². The van der Waals surface area contributed by atoms with Gasteiger partial charge < -0.3 is 5.73 Å². The second kappa shape index (κ2) is 4.41. The monoisotopic (exact) mass is 246 g/mol. The molecule has 0 spiro atoms. The van der Waals surface area contributed by atoms with E-state index < -0.39 is 0 Å². The molecule has 1 saturated carbocycles. The van der Waals surface area contributed by atoms with Gasteiger partial charge in [-0.1, -0.05) is 12.8 Å². The fourth-order valence-electron chi connectivity index (χ4n) is 2.35. The van der Waals surface area contributed by atoms with Crippen LogP contribution < -0.4 is 5.73 Å². The lowest BCUT2D eigenvalue weighted by molar-refractivity contribution is 0.696. The van der Waals surface area contributed by atoms with Crippen LogP contribution in [0.15, 0.2) is 17.8 Å². The van der Waals surface area contributed by atoms with Gasteiger partial charge in [-0.05, 0) is 12.8 Å². The smallest absolute Gasteiger partial charge is 0.173 e. The number of nitrogen functional groups attached to an aromatic ring is 1. The van der Waals surface area contributed by atoms with E-state index in [4.69, 9.17) is 5.73 Å². The van der Waals surface area contributed by atoms with Gasteiger partial charge in [0.2, 0.25) is 0 Å². The molecule has 0 aromatic carbocycles. The Bertz CT molecular complexity index is 503. The maximum Gasteiger partial charge on any atom is 0.173 e. The Balaban J connectivity index is 2.00. The molecule has 17 heavy (non-hydrogen) atoms. The summed E-state index contributed by atoms with van der Waals surface area (Å²) in [6, 6.07) is 1.92. The Labute approximate surface area is 104 Å². The third kappa shape index (κ3) is 2.15. The van der Waals surface area contributed by atoms with Gasteiger partial charge in [0, 0.05) is 23.9 Å². The molecule has 2 aromatic heterocycles. The molecule has 2 N–H and O–H groups in total. The molecule has 0 bridgehead atoms. The average molecular weight is 246 g/mol. The highest BCUT2D eigenvalue weighted by atomic mass is 32.1. The third-order valence-corrected chi connectivity index (χ3v) is 3.96. The molecule has 2 heterocycles. The number of nitrogens with two attached hydrogens (primary N) is 1. The molecule has 5 heteroatoms. The van der Waals surface area contributed by atoms with Crippen molar-refractivity contribution in [3.8, 4) is 10.7 Å². The summed E-state index contributed by atoms with van der Waals surface area (Å²) in [4.78, 5) is 14.0. The fraction of sp³-hybridized carbons (Fsp3) is 0.417. The largest absolute Gasteiger partial charge is 0.384 e. The van der Waals surface area contributed by atoms with E-state index in [1.807, 2.05) is 6.07 Å². The van der Waals surface area contributed by atoms with Crippen LogP contribution in [0.3, 0.4) is 0 Å². The minimum atomic E-state index is 0.560. The lowest BCUT2D eigenvalue weighted by Crippen LogP contribution is -2.02. The molecule has 1 fully saturated rings. The molecule has 0 amide bonds. The van der Waals surface area contributed by atoms with Crippen LogP contribution in [0.1, 0.15) is 37.3 Å². The topological polar surface area (TPSA) is 64.7 Å². The van der Waals surface area contributed by atoms with Crippen LogP contribution in [0.25, 0.3) is 10.7 Å². The van der Waals surface area contributed by atoms with Crippen molar-refractivity contribution in [1.29, 1.82) is 0 Å². The van der Waals surface area contributed by atoms with Crippen LogP contribution in [-0.4, -0.2) is 15.0 Å². The van der Waals surface area contributed by atoms with Crippen molar-refractivity contribution in [3.05, 3.63) is 23.5 Å². The van der Waals surface area contributed by atoms with E-state index in [0.717, 1.165) is 16.4 Å². The van der Waals surface area contributed by atoms with Gasteiger partial charge in [-0.2, -0.15) is 0 Å². The SMILES string of the molecule is Nc1cc(C2CCCC2)nc(-c2cncs2)n1. The van der Waals surface area contributed by atoms with Crippen molar-refractivity contribution < 1.29 is 0 Å². The van der Waals surface area contributed by atoms with Crippen LogP contribution in [-0.2, 0) is 0 Å². The van der Waals surface area contributed by atoms with E-state index in [9.17, 15) is 0 Å². The minimum absolute atomic E-state index is 0.560. The molecule has 4 nitrogen and oxygen atoms in total. The molecule has 0 unspecified atom stereocenters. The molecule has 2 aromatic rings. The molecular formula is C12H14N4S. The van der Waals surface area contributed by atoms with Crippen molar-refractivity contribution in [2.75, 3.05) is 5.73 Å². The van der Waals surface area contributed by atoms with E-state index in [1.165, 1.54) is 25.7 Å². The van der Waals surface area contributed by atoms with Gasteiger partial charge in [0.25, 0.3) is 0 Å². The van der Waals surface area contributed by atoms with Gasteiger partial charge in [0.05, 0.1) is 10.4 Å². The summed E-state index contributed by atoms with van der Waals surface area (Å²) < 4.78 is 0. The van der Waals surface area contributed by atoms with Gasteiger partial charge >= 0.3 is 0 Å². The van der Waals surface area contributed by atoms with E-state index in [1.54, 1.807) is 23.0 Å². The van der Waals surface area contributed by atoms with Crippen LogP contribution >= 0.6 is 11.3 Å². The summed E-state index contributed by atoms with van der Waals surface area (Å²) in [6.45, 7) is 0. The summed E-state index contributed by atoms with van der Waals surface area (Å²) in [5.74, 6) is 1.84. The van der Waals surface area contributed by atoms with E-state index in [0.29, 0.717) is 11.7 Å². The van der Waals surface area contributed by atoms with Gasteiger partial charge in [-0.15, -0.1) is 11.3 Å². The third-order valence-electron chi connectivity index (χ3n) is 3.19. The molecule has 1 aliphatic rings. The molecule has 0 atom stereocenters. The second-order valence-corrected chi connectivity index (χ2v) is 5.27. The first kappa shape index (κ1) is 10.7. The quantitative estimate of drug-likeness (QED) is 0.885. The Morgan fingerprint density at radius 2 is 2.06 bits per heavy atom. The normalized spacial score (nSPS) is 16.5. The minimum Gasteiger partial charge on any atom is -0.384 e. The van der Waals surface area contributed by atoms with Crippen molar-refractivity contribution in [2.45, 2.75) is 31.6 Å². The van der Waals surface area contributed by atoms with Crippen molar-refractivity contribution in [3.63, 3.8) is 0 Å². The van der Waals surface area contributed by atoms with Gasteiger partial charge in [-0.3, -0.25) is 4.98 Å². The zero-order valence-corrected chi connectivity index (χ0v) is 10.3. The lowest BCUT2D eigenvalue weighted by atomic mass is 10.0. The molecule has 0 saturated heterocycles. The number of aromatic nitrogens is 3. The summed E-state index contributed by atoms with van der Waals surface area (Å²) in [5, 5.41) is 0. The summed E-state index contributed by atoms with van der Waals surface area (Å²) in [5.41, 5.74) is 8.75. The summed E-state index contributed by atoms with van der Waals surface area (Å²) in [6.07, 6.45) is 6.82. The molecule has 0 radical (unpaired) electrons. The van der Waals surface area contributed by atoms with Crippen LogP contribution in [0.4, 0.5) is 5.82 Å².